The number of fused-ring (bicyclic) bond motifs is 16. The molecule has 0 atom stereocenters. The highest BCUT2D eigenvalue weighted by molar-refractivity contribution is 6.18. The summed E-state index contributed by atoms with van der Waals surface area (Å²) < 4.78 is 12.9. The van der Waals surface area contributed by atoms with E-state index in [1.165, 1.54) is 0 Å². The summed E-state index contributed by atoms with van der Waals surface area (Å²) in [6.07, 6.45) is 0. The molecule has 0 N–H and O–H groups in total. The summed E-state index contributed by atoms with van der Waals surface area (Å²) in [5.41, 5.74) is 17.5. The molecule has 88 heavy (non-hydrogen) atoms. The Labute approximate surface area is 499 Å². The molecule has 0 unspecified atom stereocenters. The largest absolute Gasteiger partial charge is 0.278 e. The van der Waals surface area contributed by atoms with E-state index < -0.39 is 0 Å². The van der Waals surface area contributed by atoms with E-state index in [1.807, 2.05) is 109 Å². The van der Waals surface area contributed by atoms with E-state index >= 15 is 0 Å². The van der Waals surface area contributed by atoms with E-state index in [9.17, 15) is 0 Å². The first kappa shape index (κ1) is 48.0. The zero-order valence-electron chi connectivity index (χ0n) is 46.7. The van der Waals surface area contributed by atoms with Crippen molar-refractivity contribution in [3.63, 3.8) is 0 Å². The minimum Gasteiger partial charge on any atom is -0.278 e. The van der Waals surface area contributed by atoms with Crippen LogP contribution in [-0.4, -0.2) is 66.9 Å². The Morgan fingerprint density at radius 1 is 0.216 bits per heavy atom. The molecule has 410 valence electrons. The average molecular weight is 1130 g/mol. The molecule has 19 rings (SSSR count). The molecule has 14 nitrogen and oxygen atoms in total. The van der Waals surface area contributed by atoms with Crippen LogP contribution in [0.3, 0.4) is 0 Å². The van der Waals surface area contributed by atoms with Gasteiger partial charge < -0.3 is 0 Å². The molecule has 0 aliphatic carbocycles. The van der Waals surface area contributed by atoms with E-state index in [0.717, 1.165) is 121 Å². The van der Waals surface area contributed by atoms with Gasteiger partial charge in [0, 0.05) is 32.7 Å². The summed E-state index contributed by atoms with van der Waals surface area (Å²) in [4.78, 5) is 42.5. The van der Waals surface area contributed by atoms with Crippen LogP contribution in [0.1, 0.15) is 0 Å². The van der Waals surface area contributed by atoms with Crippen LogP contribution >= 0.6 is 0 Å². The van der Waals surface area contributed by atoms with Gasteiger partial charge in [0.2, 0.25) is 35.3 Å². The molecule has 0 spiro atoms. The molecule has 14 heteroatoms. The predicted octanol–water partition coefficient (Wildman–Crippen LogP) is 16.4. The maximum Gasteiger partial charge on any atom is 0.242 e. The normalized spacial score (nSPS) is 12.1. The molecule has 8 heterocycles. The fraction of sp³-hybridized carbons (Fsp3) is 0. The molecule has 8 aromatic heterocycles. The topological polar surface area (TPSA) is 132 Å². The summed E-state index contributed by atoms with van der Waals surface area (Å²) in [5.74, 6) is 4.42. The van der Waals surface area contributed by atoms with Crippen LogP contribution in [0.5, 0.6) is 0 Å². The quantitative estimate of drug-likeness (QED) is 0.147. The second-order valence-corrected chi connectivity index (χ2v) is 22.1. The molecule has 0 aliphatic rings. The van der Waals surface area contributed by atoms with E-state index in [1.54, 1.807) is 0 Å². The number of rotatable bonds is 8. The lowest BCUT2D eigenvalue weighted by Gasteiger charge is -2.12. The van der Waals surface area contributed by atoms with Gasteiger partial charge in [-0.15, -0.1) is 0 Å². The highest BCUT2D eigenvalue weighted by atomic mass is 15.3. The molecule has 0 fully saturated rings. The van der Waals surface area contributed by atoms with Crippen molar-refractivity contribution in [2.45, 2.75) is 0 Å². The Morgan fingerprint density at radius 2 is 0.545 bits per heavy atom. The van der Waals surface area contributed by atoms with Crippen LogP contribution in [0.25, 0.3) is 168 Å². The van der Waals surface area contributed by atoms with Crippen molar-refractivity contribution in [3.8, 4) is 68.8 Å². The Hall–Kier alpha value is -12.4. The predicted molar refractivity (Wildman–Crippen MR) is 350 cm³/mol. The summed E-state index contributed by atoms with van der Waals surface area (Å²) in [7, 11) is 0. The highest BCUT2D eigenvalue weighted by Gasteiger charge is 2.27. The molecule has 11 aromatic carbocycles. The van der Waals surface area contributed by atoms with Crippen LogP contribution in [0.2, 0.25) is 0 Å². The molecule has 0 saturated carbocycles. The van der Waals surface area contributed by atoms with E-state index in [0.29, 0.717) is 47.0 Å². The molecular weight excluding hydrogens is 1080 g/mol. The lowest BCUT2D eigenvalue weighted by atomic mass is 9.94. The second kappa shape index (κ2) is 18.5. The first-order valence-electron chi connectivity index (χ1n) is 29.2. The van der Waals surface area contributed by atoms with Gasteiger partial charge in [0.25, 0.3) is 0 Å². The van der Waals surface area contributed by atoms with Crippen molar-refractivity contribution in [2.24, 2.45) is 0 Å². The van der Waals surface area contributed by atoms with E-state index in [-0.39, 0.29) is 0 Å². The maximum absolute atomic E-state index is 5.45. The van der Waals surface area contributed by atoms with Crippen LogP contribution in [0.15, 0.2) is 267 Å². The van der Waals surface area contributed by atoms with Crippen molar-refractivity contribution in [1.82, 2.24) is 66.9 Å². The van der Waals surface area contributed by atoms with E-state index in [2.05, 4.69) is 185 Å². The van der Waals surface area contributed by atoms with Crippen molar-refractivity contribution >= 4 is 99.3 Å². The SMILES string of the molecule is c1ccc(-c2nc(-n3c4ccccc4c4c(-c5cccc(-c6cccc7c6c6ccccc6n7-c6nc(-c7ccccc7)nc(-n7c8ccccc8n8c9ccccc9nc78)n6)c5)cccc43)nc(-n3c4ccccc4n4c5ccccc5nc34)n2)cc1. The lowest BCUT2D eigenvalue weighted by Crippen LogP contribution is -2.10. The van der Waals surface area contributed by atoms with Crippen molar-refractivity contribution < 1.29 is 0 Å². The first-order chi connectivity index (χ1) is 43.7. The Balaban J connectivity index is 0.794. The molecule has 0 bridgehead atoms. The van der Waals surface area contributed by atoms with Crippen molar-refractivity contribution in [3.05, 3.63) is 267 Å². The van der Waals surface area contributed by atoms with Gasteiger partial charge in [-0.05, 0) is 101 Å². The maximum atomic E-state index is 5.45. The summed E-state index contributed by atoms with van der Waals surface area (Å²) in [5, 5.41) is 4.30. The van der Waals surface area contributed by atoms with Crippen LogP contribution in [-0.2, 0) is 0 Å². The number of para-hydroxylation sites is 10. The van der Waals surface area contributed by atoms with Gasteiger partial charge in [0.05, 0.1) is 66.2 Å². The first-order valence-corrected chi connectivity index (χ1v) is 29.2. The van der Waals surface area contributed by atoms with Gasteiger partial charge in [-0.1, -0.05) is 188 Å². The molecule has 0 aliphatic heterocycles. The second-order valence-electron chi connectivity index (χ2n) is 22.1. The Bertz CT molecular complexity index is 5710. The molecule has 0 saturated heterocycles. The fourth-order valence-corrected chi connectivity index (χ4v) is 13.4. The molecule has 0 amide bonds. The van der Waals surface area contributed by atoms with E-state index in [4.69, 9.17) is 39.9 Å². The van der Waals surface area contributed by atoms with Crippen molar-refractivity contribution in [2.75, 3.05) is 0 Å². The number of nitrogens with zero attached hydrogens (tertiary/aromatic N) is 14. The zero-order valence-corrected chi connectivity index (χ0v) is 46.7. The van der Waals surface area contributed by atoms with Crippen LogP contribution < -0.4 is 0 Å². The third-order valence-corrected chi connectivity index (χ3v) is 17.2. The summed E-state index contributed by atoms with van der Waals surface area (Å²) in [6.45, 7) is 0. The smallest absolute Gasteiger partial charge is 0.242 e. The standard InChI is InChI=1S/C74H44N14/c1-3-22-45(23-4-1)67-77-69(81-71(79-67)87-61-40-17-15-38-59(61)85-57-36-13-9-32-53(57)75-73(85)87)83-55-34-11-7-28-51(55)65-49(30-20-42-63(65)83)47-26-19-27-48(44-47)50-31-21-43-64-66(50)52-29-8-12-35-56(52)84(64)70-78-68(46-24-5-2-6-25-46)80-72(82-70)88-62-41-18-16-39-60(62)86-58-37-14-10-33-54(58)76-74(86)88/h1-44H. The monoisotopic (exact) mass is 1130 g/mol. The minimum absolute atomic E-state index is 0.460. The lowest BCUT2D eigenvalue weighted by molar-refractivity contribution is 0.884. The summed E-state index contributed by atoms with van der Waals surface area (Å²) in [6, 6.07) is 92.4. The fourth-order valence-electron chi connectivity index (χ4n) is 13.4. The van der Waals surface area contributed by atoms with Crippen LogP contribution in [0, 0.1) is 0 Å². The minimum atomic E-state index is 0.460. The van der Waals surface area contributed by atoms with Gasteiger partial charge in [-0.3, -0.25) is 17.9 Å². The Morgan fingerprint density at radius 3 is 0.989 bits per heavy atom. The van der Waals surface area contributed by atoms with Gasteiger partial charge >= 0.3 is 0 Å². The molecule has 0 radical (unpaired) electrons. The van der Waals surface area contributed by atoms with Gasteiger partial charge in [-0.25, -0.2) is 19.1 Å². The summed E-state index contributed by atoms with van der Waals surface area (Å²) >= 11 is 0. The van der Waals surface area contributed by atoms with Crippen LogP contribution in [0.4, 0.5) is 0 Å². The van der Waals surface area contributed by atoms with Gasteiger partial charge in [0.1, 0.15) is 0 Å². The van der Waals surface area contributed by atoms with Gasteiger partial charge in [-0.2, -0.15) is 29.9 Å². The third kappa shape index (κ3) is 6.98. The number of benzene rings is 11. The molecular formula is C74H44N14. The van der Waals surface area contributed by atoms with Gasteiger partial charge in [0.15, 0.2) is 11.6 Å². The average Bonchev–Trinajstić information content (AvgIpc) is 2.38. The number of aromatic nitrogens is 14. The number of hydrogen-bond donors (Lipinski definition) is 0. The third-order valence-electron chi connectivity index (χ3n) is 17.2. The number of imidazole rings is 4. The number of hydrogen-bond acceptors (Lipinski definition) is 8. The highest BCUT2D eigenvalue weighted by Crippen LogP contribution is 2.43. The van der Waals surface area contributed by atoms with Crippen molar-refractivity contribution in [1.29, 1.82) is 0 Å². The molecule has 19 aromatic rings. The Kier molecular flexibility index (Phi) is 10.1. The zero-order chi connectivity index (χ0) is 57.6.